The van der Waals surface area contributed by atoms with Gasteiger partial charge in [-0.2, -0.15) is 0 Å². The van der Waals surface area contributed by atoms with Gasteiger partial charge in [-0.25, -0.2) is 0 Å². The van der Waals surface area contributed by atoms with Gasteiger partial charge in [0.15, 0.2) is 0 Å². The van der Waals surface area contributed by atoms with E-state index in [0.717, 1.165) is 19.4 Å². The van der Waals surface area contributed by atoms with Crippen LogP contribution in [-0.4, -0.2) is 35.1 Å². The minimum atomic E-state index is -0.283. The van der Waals surface area contributed by atoms with Gasteiger partial charge in [0.1, 0.15) is 0 Å². The summed E-state index contributed by atoms with van der Waals surface area (Å²) < 4.78 is 0. The van der Waals surface area contributed by atoms with Gasteiger partial charge < -0.3 is 10.0 Å². The molecule has 0 aromatic carbocycles. The van der Waals surface area contributed by atoms with Gasteiger partial charge in [0.2, 0.25) is 5.91 Å². The number of carbonyl (C=O) groups is 1. The van der Waals surface area contributed by atoms with Gasteiger partial charge in [-0.05, 0) is 31.6 Å². The molecule has 0 radical (unpaired) electrons. The highest BCUT2D eigenvalue weighted by Crippen LogP contribution is 2.30. The molecule has 1 amide bonds. The summed E-state index contributed by atoms with van der Waals surface area (Å²) >= 11 is 0. The number of nitrogens with zero attached hydrogens (tertiary/aromatic N) is 1. The van der Waals surface area contributed by atoms with Crippen LogP contribution in [0.25, 0.3) is 0 Å². The molecule has 1 saturated carbocycles. The van der Waals surface area contributed by atoms with Crippen LogP contribution in [0.4, 0.5) is 0 Å². The van der Waals surface area contributed by atoms with Gasteiger partial charge in [0, 0.05) is 19.5 Å². The quantitative estimate of drug-likeness (QED) is 0.721. The molecule has 1 N–H and O–H groups in total. The molecule has 1 saturated heterocycles. The molecule has 0 bridgehead atoms. The van der Waals surface area contributed by atoms with E-state index < -0.39 is 0 Å². The Kier molecular flexibility index (Phi) is 3.06. The lowest BCUT2D eigenvalue weighted by molar-refractivity contribution is -0.135. The highest BCUT2D eigenvalue weighted by molar-refractivity contribution is 5.76. The number of carbonyl (C=O) groups excluding carboxylic acids is 1. The van der Waals surface area contributed by atoms with Crippen LogP contribution in [0, 0.1) is 5.92 Å². The van der Waals surface area contributed by atoms with Gasteiger partial charge >= 0.3 is 0 Å². The van der Waals surface area contributed by atoms with Crippen LogP contribution in [0.5, 0.6) is 0 Å². The number of likely N-dealkylation sites (tertiary alicyclic amines) is 1. The summed E-state index contributed by atoms with van der Waals surface area (Å²) in [6.07, 6.45) is 5.98. The van der Waals surface area contributed by atoms with E-state index in [9.17, 15) is 9.90 Å². The average Bonchev–Trinajstić information content (AvgIpc) is 2.11. The predicted molar refractivity (Wildman–Crippen MR) is 53.8 cm³/mol. The number of amides is 1. The monoisotopic (exact) mass is 197 g/mol. The SMILES string of the molecule is O=C(CC1CCC1)N1CCC[C@H](O)C1. The van der Waals surface area contributed by atoms with Crippen LogP contribution in [0.3, 0.4) is 0 Å². The van der Waals surface area contributed by atoms with Crippen molar-refractivity contribution >= 4 is 5.91 Å². The molecule has 0 unspecified atom stereocenters. The van der Waals surface area contributed by atoms with E-state index in [0.29, 0.717) is 18.9 Å². The molecule has 2 aliphatic rings. The van der Waals surface area contributed by atoms with Crippen molar-refractivity contribution in [1.82, 2.24) is 4.90 Å². The molecule has 3 heteroatoms. The number of piperidine rings is 1. The molecule has 1 aliphatic heterocycles. The van der Waals surface area contributed by atoms with Gasteiger partial charge in [0.05, 0.1) is 6.10 Å². The average molecular weight is 197 g/mol. The lowest BCUT2D eigenvalue weighted by Gasteiger charge is -2.33. The van der Waals surface area contributed by atoms with E-state index in [1.54, 1.807) is 0 Å². The van der Waals surface area contributed by atoms with E-state index in [1.807, 2.05) is 4.90 Å². The maximum Gasteiger partial charge on any atom is 0.222 e. The number of hydrogen-bond donors (Lipinski definition) is 1. The molecule has 0 aromatic heterocycles. The van der Waals surface area contributed by atoms with E-state index in [-0.39, 0.29) is 12.0 Å². The maximum atomic E-state index is 11.8. The smallest absolute Gasteiger partial charge is 0.222 e. The third kappa shape index (κ3) is 2.27. The van der Waals surface area contributed by atoms with E-state index in [1.165, 1.54) is 19.3 Å². The van der Waals surface area contributed by atoms with Gasteiger partial charge in [0.25, 0.3) is 0 Å². The molecular formula is C11H19NO2. The van der Waals surface area contributed by atoms with Crippen molar-refractivity contribution < 1.29 is 9.90 Å². The molecule has 1 atom stereocenters. The first-order valence-corrected chi connectivity index (χ1v) is 5.71. The van der Waals surface area contributed by atoms with Crippen LogP contribution in [0.15, 0.2) is 0 Å². The molecule has 14 heavy (non-hydrogen) atoms. The zero-order valence-electron chi connectivity index (χ0n) is 8.61. The molecule has 0 aromatic rings. The van der Waals surface area contributed by atoms with Crippen LogP contribution >= 0.6 is 0 Å². The summed E-state index contributed by atoms with van der Waals surface area (Å²) in [4.78, 5) is 13.6. The zero-order chi connectivity index (χ0) is 9.97. The Morgan fingerprint density at radius 3 is 2.64 bits per heavy atom. The second kappa shape index (κ2) is 4.30. The highest BCUT2D eigenvalue weighted by Gasteiger charge is 2.26. The van der Waals surface area contributed by atoms with Gasteiger partial charge in [-0.15, -0.1) is 0 Å². The summed E-state index contributed by atoms with van der Waals surface area (Å²) in [5, 5.41) is 9.44. The van der Waals surface area contributed by atoms with Gasteiger partial charge in [-0.3, -0.25) is 4.79 Å². The number of hydrogen-bond acceptors (Lipinski definition) is 2. The standard InChI is InChI=1S/C11H19NO2/c13-10-5-2-6-12(8-10)11(14)7-9-3-1-4-9/h9-10,13H,1-8H2/t10-/m0/s1. The largest absolute Gasteiger partial charge is 0.391 e. The number of aliphatic hydroxyl groups is 1. The third-order valence-electron chi connectivity index (χ3n) is 3.44. The first-order valence-electron chi connectivity index (χ1n) is 5.71. The first-order chi connectivity index (χ1) is 6.75. The number of β-amino-alcohol motifs (C(OH)–C–C–N with tert-alkyl or cyclic N) is 1. The Bertz CT molecular complexity index is 213. The Labute approximate surface area is 85.1 Å². The Hall–Kier alpha value is -0.570. The minimum absolute atomic E-state index is 0.258. The summed E-state index contributed by atoms with van der Waals surface area (Å²) in [5.41, 5.74) is 0. The van der Waals surface area contributed by atoms with E-state index in [4.69, 9.17) is 0 Å². The van der Waals surface area contributed by atoms with Crippen molar-refractivity contribution in [2.24, 2.45) is 5.92 Å². The minimum Gasteiger partial charge on any atom is -0.391 e. The normalized spacial score (nSPS) is 28.6. The van der Waals surface area contributed by atoms with Crippen LogP contribution in [0.1, 0.15) is 38.5 Å². The topological polar surface area (TPSA) is 40.5 Å². The fraction of sp³-hybridized carbons (Fsp3) is 0.909. The van der Waals surface area contributed by atoms with Crippen molar-refractivity contribution in [3.05, 3.63) is 0 Å². The van der Waals surface area contributed by atoms with E-state index in [2.05, 4.69) is 0 Å². The van der Waals surface area contributed by atoms with E-state index >= 15 is 0 Å². The summed E-state index contributed by atoms with van der Waals surface area (Å²) in [6, 6.07) is 0. The number of rotatable bonds is 2. The zero-order valence-corrected chi connectivity index (χ0v) is 8.61. The van der Waals surface area contributed by atoms with Gasteiger partial charge in [-0.1, -0.05) is 6.42 Å². The van der Waals surface area contributed by atoms with Crippen molar-refractivity contribution in [3.8, 4) is 0 Å². The number of aliphatic hydroxyl groups excluding tert-OH is 1. The molecule has 80 valence electrons. The predicted octanol–water partition coefficient (Wildman–Crippen LogP) is 1.16. The van der Waals surface area contributed by atoms with Crippen molar-refractivity contribution in [3.63, 3.8) is 0 Å². The Balaban J connectivity index is 1.77. The second-order valence-corrected chi connectivity index (χ2v) is 4.64. The fourth-order valence-corrected chi connectivity index (χ4v) is 2.25. The fourth-order valence-electron chi connectivity index (χ4n) is 2.25. The van der Waals surface area contributed by atoms with Crippen molar-refractivity contribution in [2.45, 2.75) is 44.6 Å². The first kappa shape index (κ1) is 9.97. The summed E-state index contributed by atoms with van der Waals surface area (Å²) in [6.45, 7) is 1.41. The molecular weight excluding hydrogens is 178 g/mol. The molecule has 1 heterocycles. The van der Waals surface area contributed by atoms with Crippen molar-refractivity contribution in [1.29, 1.82) is 0 Å². The van der Waals surface area contributed by atoms with Crippen LogP contribution in [-0.2, 0) is 4.79 Å². The van der Waals surface area contributed by atoms with Crippen molar-refractivity contribution in [2.75, 3.05) is 13.1 Å². The lowest BCUT2D eigenvalue weighted by Crippen LogP contribution is -2.43. The molecule has 3 nitrogen and oxygen atoms in total. The molecule has 0 spiro atoms. The lowest BCUT2D eigenvalue weighted by atomic mass is 9.82. The van der Waals surface area contributed by atoms with Crippen LogP contribution in [0.2, 0.25) is 0 Å². The molecule has 2 fully saturated rings. The Morgan fingerprint density at radius 1 is 1.29 bits per heavy atom. The third-order valence-corrected chi connectivity index (χ3v) is 3.44. The Morgan fingerprint density at radius 2 is 2.07 bits per heavy atom. The maximum absolute atomic E-state index is 11.8. The molecule has 2 rings (SSSR count). The second-order valence-electron chi connectivity index (χ2n) is 4.64. The van der Waals surface area contributed by atoms with Crippen LogP contribution < -0.4 is 0 Å². The molecule has 1 aliphatic carbocycles. The summed E-state index contributed by atoms with van der Waals surface area (Å²) in [5.74, 6) is 0.898. The highest BCUT2D eigenvalue weighted by atomic mass is 16.3. The summed E-state index contributed by atoms with van der Waals surface area (Å²) in [7, 11) is 0.